The fraction of sp³-hybridized carbons (Fsp3) is 0.357. The molecule has 0 fully saturated rings. The maximum Gasteiger partial charge on any atom is 0.275 e. The second kappa shape index (κ2) is 5.83. The van der Waals surface area contributed by atoms with Crippen LogP contribution in [0.15, 0.2) is 24.3 Å². The Bertz CT molecular complexity index is 635. The van der Waals surface area contributed by atoms with E-state index in [4.69, 9.17) is 0 Å². The first-order chi connectivity index (χ1) is 9.60. The molecule has 0 spiro atoms. The first kappa shape index (κ1) is 14.2. The Morgan fingerprint density at radius 3 is 2.60 bits per heavy atom. The number of aliphatic hydroxyl groups excluding tert-OH is 1. The van der Waals surface area contributed by atoms with Gasteiger partial charge in [0.2, 0.25) is 0 Å². The quantitative estimate of drug-likeness (QED) is 0.671. The van der Waals surface area contributed by atoms with Gasteiger partial charge < -0.3 is 5.11 Å². The van der Waals surface area contributed by atoms with Gasteiger partial charge in [0.15, 0.2) is 0 Å². The molecule has 6 heteroatoms. The molecule has 1 aromatic carbocycles. The summed E-state index contributed by atoms with van der Waals surface area (Å²) in [6.07, 6.45) is 1.65. The zero-order chi connectivity index (χ0) is 14.7. The molecule has 2 aromatic rings. The van der Waals surface area contributed by atoms with Crippen molar-refractivity contribution < 1.29 is 10.0 Å². The summed E-state index contributed by atoms with van der Waals surface area (Å²) < 4.78 is 1.78. The third kappa shape index (κ3) is 2.55. The minimum absolute atomic E-state index is 0.0721. The number of rotatable bonds is 5. The molecule has 0 radical (unpaired) electrons. The van der Waals surface area contributed by atoms with E-state index in [2.05, 4.69) is 5.10 Å². The SMILES string of the molecule is CCc1cc(CC)n(-c2ccc([N+](=O)[O-])c(CO)c2)n1. The molecule has 106 valence electrons. The largest absolute Gasteiger partial charge is 0.391 e. The van der Waals surface area contributed by atoms with Gasteiger partial charge in [0.1, 0.15) is 0 Å². The standard InChI is InChI=1S/C14H17N3O3/c1-3-11-8-12(4-2)16(15-11)13-5-6-14(17(19)20)10(7-13)9-18/h5-8,18H,3-4,9H2,1-2H3. The second-order valence-electron chi connectivity index (χ2n) is 4.47. The molecule has 1 aromatic heterocycles. The fourth-order valence-electron chi connectivity index (χ4n) is 2.13. The molecule has 0 aliphatic heterocycles. The minimum atomic E-state index is -0.489. The fourth-order valence-corrected chi connectivity index (χ4v) is 2.13. The number of nitro groups is 1. The predicted molar refractivity (Wildman–Crippen MR) is 74.9 cm³/mol. The lowest BCUT2D eigenvalue weighted by molar-refractivity contribution is -0.385. The summed E-state index contributed by atoms with van der Waals surface area (Å²) in [6, 6.07) is 6.71. The van der Waals surface area contributed by atoms with Crippen molar-refractivity contribution in [3.05, 3.63) is 51.3 Å². The highest BCUT2D eigenvalue weighted by molar-refractivity contribution is 5.48. The lowest BCUT2D eigenvalue weighted by atomic mass is 10.1. The van der Waals surface area contributed by atoms with Gasteiger partial charge in [-0.3, -0.25) is 10.1 Å². The van der Waals surface area contributed by atoms with Crippen molar-refractivity contribution in [2.24, 2.45) is 0 Å². The monoisotopic (exact) mass is 275 g/mol. The lowest BCUT2D eigenvalue weighted by Crippen LogP contribution is -2.04. The van der Waals surface area contributed by atoms with Crippen LogP contribution in [0.3, 0.4) is 0 Å². The van der Waals surface area contributed by atoms with Crippen LogP contribution in [0.5, 0.6) is 0 Å². The van der Waals surface area contributed by atoms with Gasteiger partial charge >= 0.3 is 0 Å². The molecule has 0 amide bonds. The van der Waals surface area contributed by atoms with Crippen LogP contribution in [0.4, 0.5) is 5.69 Å². The smallest absolute Gasteiger partial charge is 0.275 e. The van der Waals surface area contributed by atoms with E-state index < -0.39 is 4.92 Å². The third-order valence-electron chi connectivity index (χ3n) is 3.23. The highest BCUT2D eigenvalue weighted by Crippen LogP contribution is 2.23. The molecule has 0 bridgehead atoms. The Morgan fingerprint density at radius 1 is 1.30 bits per heavy atom. The number of aryl methyl sites for hydroxylation is 2. The van der Waals surface area contributed by atoms with Crippen LogP contribution in [-0.2, 0) is 19.4 Å². The van der Waals surface area contributed by atoms with E-state index in [-0.39, 0.29) is 12.3 Å². The predicted octanol–water partition coefficient (Wildman–Crippen LogP) is 2.40. The van der Waals surface area contributed by atoms with Crippen molar-refractivity contribution in [1.82, 2.24) is 9.78 Å². The van der Waals surface area contributed by atoms with E-state index in [1.807, 2.05) is 19.9 Å². The Kier molecular flexibility index (Phi) is 4.14. The van der Waals surface area contributed by atoms with E-state index >= 15 is 0 Å². The highest BCUT2D eigenvalue weighted by Gasteiger charge is 2.15. The summed E-state index contributed by atoms with van der Waals surface area (Å²) in [6.45, 7) is 3.69. The maximum atomic E-state index is 10.9. The third-order valence-corrected chi connectivity index (χ3v) is 3.23. The molecule has 0 aliphatic rings. The average molecular weight is 275 g/mol. The van der Waals surface area contributed by atoms with Crippen LogP contribution >= 0.6 is 0 Å². The van der Waals surface area contributed by atoms with Gasteiger partial charge in [-0.2, -0.15) is 5.10 Å². The van der Waals surface area contributed by atoms with Crippen molar-refractivity contribution in [3.8, 4) is 5.69 Å². The highest BCUT2D eigenvalue weighted by atomic mass is 16.6. The number of hydrogen-bond acceptors (Lipinski definition) is 4. The van der Waals surface area contributed by atoms with Gasteiger partial charge in [-0.15, -0.1) is 0 Å². The van der Waals surface area contributed by atoms with E-state index in [1.165, 1.54) is 6.07 Å². The minimum Gasteiger partial charge on any atom is -0.391 e. The van der Waals surface area contributed by atoms with Crippen LogP contribution in [0.2, 0.25) is 0 Å². The Hall–Kier alpha value is -2.21. The number of nitro benzene ring substituents is 1. The first-order valence-corrected chi connectivity index (χ1v) is 6.57. The molecule has 6 nitrogen and oxygen atoms in total. The number of aliphatic hydroxyl groups is 1. The van der Waals surface area contributed by atoms with Crippen molar-refractivity contribution in [2.75, 3.05) is 0 Å². The number of benzene rings is 1. The summed E-state index contributed by atoms with van der Waals surface area (Å²) in [7, 11) is 0. The Morgan fingerprint density at radius 2 is 2.05 bits per heavy atom. The van der Waals surface area contributed by atoms with Crippen LogP contribution in [0.25, 0.3) is 5.69 Å². The molecule has 0 atom stereocenters. The molecular formula is C14H17N3O3. The zero-order valence-corrected chi connectivity index (χ0v) is 11.5. The zero-order valence-electron chi connectivity index (χ0n) is 11.5. The average Bonchev–Trinajstić information content (AvgIpc) is 2.89. The van der Waals surface area contributed by atoms with Crippen LogP contribution in [0.1, 0.15) is 30.8 Å². The molecule has 1 heterocycles. The van der Waals surface area contributed by atoms with Crippen LogP contribution < -0.4 is 0 Å². The van der Waals surface area contributed by atoms with E-state index in [1.54, 1.807) is 16.8 Å². The lowest BCUT2D eigenvalue weighted by Gasteiger charge is -2.08. The molecule has 1 N–H and O–H groups in total. The molecular weight excluding hydrogens is 258 g/mol. The summed E-state index contributed by atoms with van der Waals surface area (Å²) in [5.41, 5.74) is 2.97. The van der Waals surface area contributed by atoms with Crippen molar-refractivity contribution >= 4 is 5.69 Å². The molecule has 0 unspecified atom stereocenters. The van der Waals surface area contributed by atoms with E-state index in [0.717, 1.165) is 29.9 Å². The molecule has 20 heavy (non-hydrogen) atoms. The second-order valence-corrected chi connectivity index (χ2v) is 4.47. The van der Waals surface area contributed by atoms with Crippen LogP contribution in [0, 0.1) is 10.1 Å². The molecule has 0 aliphatic carbocycles. The molecule has 2 rings (SSSR count). The molecule has 0 saturated heterocycles. The van der Waals surface area contributed by atoms with Gasteiger partial charge in [0, 0.05) is 11.8 Å². The van der Waals surface area contributed by atoms with Crippen molar-refractivity contribution in [3.63, 3.8) is 0 Å². The summed E-state index contributed by atoms with van der Waals surface area (Å²) in [4.78, 5) is 10.4. The number of nitrogens with zero attached hydrogens (tertiary/aromatic N) is 3. The van der Waals surface area contributed by atoms with E-state index in [0.29, 0.717) is 5.56 Å². The normalized spacial score (nSPS) is 10.8. The summed E-state index contributed by atoms with van der Waals surface area (Å²) >= 11 is 0. The Balaban J connectivity index is 2.53. The van der Waals surface area contributed by atoms with Gasteiger partial charge in [-0.25, -0.2) is 4.68 Å². The number of aromatic nitrogens is 2. The van der Waals surface area contributed by atoms with Gasteiger partial charge in [-0.05, 0) is 31.0 Å². The number of hydrogen-bond donors (Lipinski definition) is 1. The van der Waals surface area contributed by atoms with Gasteiger partial charge in [-0.1, -0.05) is 13.8 Å². The first-order valence-electron chi connectivity index (χ1n) is 6.57. The maximum absolute atomic E-state index is 10.9. The summed E-state index contributed by atoms with van der Waals surface area (Å²) in [5, 5.41) is 24.6. The Labute approximate surface area is 116 Å². The van der Waals surface area contributed by atoms with Crippen LogP contribution in [-0.4, -0.2) is 19.8 Å². The van der Waals surface area contributed by atoms with Crippen molar-refractivity contribution in [1.29, 1.82) is 0 Å². The molecule has 0 saturated carbocycles. The van der Waals surface area contributed by atoms with Gasteiger partial charge in [0.05, 0.1) is 28.5 Å². The summed E-state index contributed by atoms with van der Waals surface area (Å²) in [5.74, 6) is 0. The van der Waals surface area contributed by atoms with Gasteiger partial charge in [0.25, 0.3) is 5.69 Å². The van der Waals surface area contributed by atoms with E-state index in [9.17, 15) is 15.2 Å². The topological polar surface area (TPSA) is 81.2 Å². The van der Waals surface area contributed by atoms with Crippen molar-refractivity contribution in [2.45, 2.75) is 33.3 Å².